The van der Waals surface area contributed by atoms with E-state index in [-0.39, 0.29) is 24.3 Å². The number of aliphatic carboxylic acids is 1. The molecule has 0 spiro atoms. The van der Waals surface area contributed by atoms with Crippen molar-refractivity contribution in [2.24, 2.45) is 5.73 Å². The van der Waals surface area contributed by atoms with E-state index in [1.165, 1.54) is 0 Å². The van der Waals surface area contributed by atoms with Crippen LogP contribution in [-0.4, -0.2) is 28.6 Å². The molecule has 0 radical (unpaired) electrons. The van der Waals surface area contributed by atoms with Gasteiger partial charge in [0.2, 0.25) is 5.91 Å². The molecule has 6 heteroatoms. The summed E-state index contributed by atoms with van der Waals surface area (Å²) in [5.41, 5.74) is 10.3. The molecule has 1 atom stereocenters. The third kappa shape index (κ3) is 7.90. The van der Waals surface area contributed by atoms with Crippen molar-refractivity contribution in [1.82, 2.24) is 10.9 Å². The molecule has 0 aliphatic carbocycles. The molecule has 15 heavy (non-hydrogen) atoms. The largest absolute Gasteiger partial charge is 0.480 e. The van der Waals surface area contributed by atoms with Gasteiger partial charge in [0, 0.05) is 12.0 Å². The Labute approximate surface area is 89.2 Å². The first-order chi connectivity index (χ1) is 6.72. The van der Waals surface area contributed by atoms with Crippen LogP contribution in [0.3, 0.4) is 0 Å². The number of carbonyl (C=O) groups excluding carboxylic acids is 1. The van der Waals surface area contributed by atoms with Crippen molar-refractivity contribution < 1.29 is 14.7 Å². The Hall–Kier alpha value is -1.14. The van der Waals surface area contributed by atoms with Crippen LogP contribution in [0.25, 0.3) is 0 Å². The fraction of sp³-hybridized carbons (Fsp3) is 0.778. The molecular formula is C9H19N3O3. The SMILES string of the molecule is CC(C)(C)NNC(=O)CC[C@H](N)C(=O)O. The zero-order valence-electron chi connectivity index (χ0n) is 9.33. The van der Waals surface area contributed by atoms with Gasteiger partial charge in [-0.15, -0.1) is 0 Å². The molecular weight excluding hydrogens is 198 g/mol. The number of nitrogens with one attached hydrogen (secondary N) is 2. The van der Waals surface area contributed by atoms with Gasteiger partial charge in [0.25, 0.3) is 0 Å². The van der Waals surface area contributed by atoms with Crippen molar-refractivity contribution in [2.45, 2.75) is 45.2 Å². The number of hydrogen-bond acceptors (Lipinski definition) is 4. The highest BCUT2D eigenvalue weighted by atomic mass is 16.4. The van der Waals surface area contributed by atoms with Gasteiger partial charge < -0.3 is 10.8 Å². The number of nitrogens with two attached hydrogens (primary N) is 1. The predicted octanol–water partition coefficient (Wildman–Crippen LogP) is -0.402. The average Bonchev–Trinajstić information content (AvgIpc) is 2.09. The van der Waals surface area contributed by atoms with Crippen molar-refractivity contribution in [3.8, 4) is 0 Å². The zero-order valence-corrected chi connectivity index (χ0v) is 9.33. The monoisotopic (exact) mass is 217 g/mol. The molecule has 0 fully saturated rings. The molecule has 1 amide bonds. The Kier molecular flexibility index (Phi) is 5.24. The summed E-state index contributed by atoms with van der Waals surface area (Å²) in [7, 11) is 0. The minimum Gasteiger partial charge on any atom is -0.480 e. The Balaban J connectivity index is 3.72. The summed E-state index contributed by atoms with van der Waals surface area (Å²) in [5.74, 6) is -1.35. The van der Waals surface area contributed by atoms with Gasteiger partial charge in [-0.05, 0) is 27.2 Å². The topological polar surface area (TPSA) is 104 Å². The van der Waals surface area contributed by atoms with Gasteiger partial charge >= 0.3 is 5.97 Å². The van der Waals surface area contributed by atoms with Gasteiger partial charge in [0.1, 0.15) is 6.04 Å². The summed E-state index contributed by atoms with van der Waals surface area (Å²) >= 11 is 0. The van der Waals surface area contributed by atoms with Crippen LogP contribution in [0, 0.1) is 0 Å². The standard InChI is InChI=1S/C9H19N3O3/c1-9(2,3)12-11-7(13)5-4-6(10)8(14)15/h6,12H,4-5,10H2,1-3H3,(H,11,13)(H,14,15)/t6-/m0/s1. The van der Waals surface area contributed by atoms with E-state index in [4.69, 9.17) is 10.8 Å². The second-order valence-electron chi connectivity index (χ2n) is 4.41. The number of carboxylic acids is 1. The van der Waals surface area contributed by atoms with E-state index in [0.717, 1.165) is 0 Å². The lowest BCUT2D eigenvalue weighted by Crippen LogP contribution is -2.49. The van der Waals surface area contributed by atoms with Crippen LogP contribution in [0.15, 0.2) is 0 Å². The lowest BCUT2D eigenvalue weighted by atomic mass is 10.1. The lowest BCUT2D eigenvalue weighted by Gasteiger charge is -2.21. The average molecular weight is 217 g/mol. The van der Waals surface area contributed by atoms with Crippen LogP contribution in [0.5, 0.6) is 0 Å². The zero-order chi connectivity index (χ0) is 12.1. The number of rotatable bonds is 5. The number of carbonyl (C=O) groups is 2. The summed E-state index contributed by atoms with van der Waals surface area (Å²) in [6.07, 6.45) is 0.226. The van der Waals surface area contributed by atoms with Crippen LogP contribution in [0.2, 0.25) is 0 Å². The highest BCUT2D eigenvalue weighted by Crippen LogP contribution is 1.97. The van der Waals surface area contributed by atoms with Crippen LogP contribution < -0.4 is 16.6 Å². The third-order valence-corrected chi connectivity index (χ3v) is 1.58. The Bertz CT molecular complexity index is 235. The van der Waals surface area contributed by atoms with Gasteiger partial charge in [0.05, 0.1) is 0 Å². The van der Waals surface area contributed by atoms with Crippen molar-refractivity contribution in [3.63, 3.8) is 0 Å². The minimum absolute atomic E-state index is 0.0938. The van der Waals surface area contributed by atoms with E-state index >= 15 is 0 Å². The van der Waals surface area contributed by atoms with E-state index in [9.17, 15) is 9.59 Å². The fourth-order valence-electron chi connectivity index (χ4n) is 0.730. The van der Waals surface area contributed by atoms with E-state index in [2.05, 4.69) is 10.9 Å². The molecule has 0 saturated carbocycles. The minimum atomic E-state index is -1.09. The highest BCUT2D eigenvalue weighted by Gasteiger charge is 2.14. The molecule has 0 aliphatic heterocycles. The first-order valence-electron chi connectivity index (χ1n) is 4.77. The van der Waals surface area contributed by atoms with Crippen LogP contribution in [0.4, 0.5) is 0 Å². The molecule has 0 heterocycles. The summed E-state index contributed by atoms with van der Waals surface area (Å²) in [4.78, 5) is 21.6. The van der Waals surface area contributed by atoms with Crippen LogP contribution in [0.1, 0.15) is 33.6 Å². The summed E-state index contributed by atoms with van der Waals surface area (Å²) in [6, 6.07) is -0.981. The molecule has 0 rings (SSSR count). The summed E-state index contributed by atoms with van der Waals surface area (Å²) in [5, 5.41) is 8.48. The first-order valence-corrected chi connectivity index (χ1v) is 4.77. The Morgan fingerprint density at radius 3 is 2.33 bits per heavy atom. The quantitative estimate of drug-likeness (QED) is 0.469. The maximum atomic E-state index is 11.2. The van der Waals surface area contributed by atoms with E-state index in [1.54, 1.807) is 0 Å². The molecule has 0 unspecified atom stereocenters. The van der Waals surface area contributed by atoms with Crippen LogP contribution in [-0.2, 0) is 9.59 Å². The van der Waals surface area contributed by atoms with E-state index in [1.807, 2.05) is 20.8 Å². The molecule has 0 aromatic rings. The van der Waals surface area contributed by atoms with Crippen molar-refractivity contribution >= 4 is 11.9 Å². The maximum Gasteiger partial charge on any atom is 0.320 e. The fourth-order valence-corrected chi connectivity index (χ4v) is 0.730. The van der Waals surface area contributed by atoms with Crippen molar-refractivity contribution in [2.75, 3.05) is 0 Å². The summed E-state index contributed by atoms with van der Waals surface area (Å²) < 4.78 is 0. The van der Waals surface area contributed by atoms with Crippen LogP contribution >= 0.6 is 0 Å². The second kappa shape index (κ2) is 5.67. The van der Waals surface area contributed by atoms with Gasteiger partial charge in [-0.2, -0.15) is 0 Å². The maximum absolute atomic E-state index is 11.2. The lowest BCUT2D eigenvalue weighted by molar-refractivity contribution is -0.138. The number of carboxylic acid groups (broad SMARTS) is 1. The normalized spacial score (nSPS) is 13.3. The molecule has 0 saturated heterocycles. The molecule has 6 nitrogen and oxygen atoms in total. The van der Waals surface area contributed by atoms with Gasteiger partial charge in [0.15, 0.2) is 0 Å². The molecule has 0 aliphatic rings. The smallest absolute Gasteiger partial charge is 0.320 e. The van der Waals surface area contributed by atoms with Gasteiger partial charge in [-0.25, -0.2) is 5.43 Å². The number of hydrogen-bond donors (Lipinski definition) is 4. The molecule has 0 aromatic heterocycles. The van der Waals surface area contributed by atoms with E-state index in [0.29, 0.717) is 0 Å². The molecule has 0 aromatic carbocycles. The summed E-state index contributed by atoms with van der Waals surface area (Å²) in [6.45, 7) is 5.70. The predicted molar refractivity (Wildman–Crippen MR) is 55.9 cm³/mol. The van der Waals surface area contributed by atoms with Crippen molar-refractivity contribution in [3.05, 3.63) is 0 Å². The Morgan fingerprint density at radius 1 is 1.40 bits per heavy atom. The number of amides is 1. The molecule has 5 N–H and O–H groups in total. The third-order valence-electron chi connectivity index (χ3n) is 1.58. The van der Waals surface area contributed by atoms with Gasteiger partial charge in [-0.1, -0.05) is 0 Å². The van der Waals surface area contributed by atoms with E-state index < -0.39 is 12.0 Å². The van der Waals surface area contributed by atoms with Crippen molar-refractivity contribution in [1.29, 1.82) is 0 Å². The highest BCUT2D eigenvalue weighted by molar-refractivity contribution is 5.77. The second-order valence-corrected chi connectivity index (χ2v) is 4.41. The Morgan fingerprint density at radius 2 is 1.93 bits per heavy atom. The van der Waals surface area contributed by atoms with Gasteiger partial charge in [-0.3, -0.25) is 15.0 Å². The number of hydrazine groups is 1. The molecule has 88 valence electrons. The molecule has 0 bridgehead atoms. The first kappa shape index (κ1) is 13.9.